The SMILES string of the molecule is CCOC(=O)Cc1ccccc1OCc1cc2cc(F)cc(Br)c2o1. The molecule has 0 spiro atoms. The number of hydrogen-bond acceptors (Lipinski definition) is 4. The van der Waals surface area contributed by atoms with Crippen molar-refractivity contribution in [2.24, 2.45) is 0 Å². The number of fused-ring (bicyclic) bond motifs is 1. The van der Waals surface area contributed by atoms with Crippen LogP contribution >= 0.6 is 15.9 Å². The van der Waals surface area contributed by atoms with Crippen molar-refractivity contribution in [1.82, 2.24) is 0 Å². The van der Waals surface area contributed by atoms with E-state index in [4.69, 9.17) is 13.9 Å². The van der Waals surface area contributed by atoms with Gasteiger partial charge in [0.05, 0.1) is 17.5 Å². The van der Waals surface area contributed by atoms with Gasteiger partial charge in [0, 0.05) is 10.9 Å². The van der Waals surface area contributed by atoms with Crippen molar-refractivity contribution in [3.8, 4) is 5.75 Å². The fourth-order valence-corrected chi connectivity index (χ4v) is 3.04. The van der Waals surface area contributed by atoms with Gasteiger partial charge < -0.3 is 13.9 Å². The van der Waals surface area contributed by atoms with Gasteiger partial charge in [0.25, 0.3) is 0 Å². The van der Waals surface area contributed by atoms with Gasteiger partial charge >= 0.3 is 5.97 Å². The van der Waals surface area contributed by atoms with E-state index < -0.39 is 0 Å². The van der Waals surface area contributed by atoms with E-state index in [0.29, 0.717) is 33.6 Å². The monoisotopic (exact) mass is 406 g/mol. The second kappa shape index (κ2) is 7.70. The largest absolute Gasteiger partial charge is 0.485 e. The van der Waals surface area contributed by atoms with Gasteiger partial charge in [-0.15, -0.1) is 0 Å². The third kappa shape index (κ3) is 4.20. The number of hydrogen-bond donors (Lipinski definition) is 0. The van der Waals surface area contributed by atoms with Crippen LogP contribution in [-0.2, 0) is 22.6 Å². The fraction of sp³-hybridized carbons (Fsp3) is 0.211. The molecule has 0 aliphatic rings. The summed E-state index contributed by atoms with van der Waals surface area (Å²) in [7, 11) is 0. The molecule has 130 valence electrons. The van der Waals surface area contributed by atoms with E-state index in [9.17, 15) is 9.18 Å². The van der Waals surface area contributed by atoms with Gasteiger partial charge in [-0.3, -0.25) is 4.79 Å². The molecule has 0 saturated carbocycles. The number of rotatable bonds is 6. The lowest BCUT2D eigenvalue weighted by molar-refractivity contribution is -0.142. The molecule has 0 amide bonds. The van der Waals surface area contributed by atoms with Crippen molar-refractivity contribution in [1.29, 1.82) is 0 Å². The van der Waals surface area contributed by atoms with Gasteiger partial charge in [-0.1, -0.05) is 18.2 Å². The molecule has 0 radical (unpaired) electrons. The van der Waals surface area contributed by atoms with E-state index in [2.05, 4.69) is 15.9 Å². The van der Waals surface area contributed by atoms with E-state index in [1.807, 2.05) is 18.2 Å². The summed E-state index contributed by atoms with van der Waals surface area (Å²) in [4.78, 5) is 11.7. The van der Waals surface area contributed by atoms with E-state index in [1.54, 1.807) is 19.1 Å². The Morgan fingerprint density at radius 1 is 1.24 bits per heavy atom. The van der Waals surface area contributed by atoms with E-state index in [0.717, 1.165) is 5.56 Å². The van der Waals surface area contributed by atoms with Crippen molar-refractivity contribution < 1.29 is 23.1 Å². The van der Waals surface area contributed by atoms with Crippen LogP contribution in [0.3, 0.4) is 0 Å². The van der Waals surface area contributed by atoms with Crippen LogP contribution in [0.25, 0.3) is 11.0 Å². The number of benzene rings is 2. The zero-order valence-corrected chi connectivity index (χ0v) is 15.1. The predicted molar refractivity (Wildman–Crippen MR) is 95.0 cm³/mol. The molecule has 0 fully saturated rings. The molecule has 1 aromatic heterocycles. The van der Waals surface area contributed by atoms with Crippen LogP contribution < -0.4 is 4.74 Å². The lowest BCUT2D eigenvalue weighted by Crippen LogP contribution is -2.09. The third-order valence-corrected chi connectivity index (χ3v) is 4.16. The molecule has 6 heteroatoms. The highest BCUT2D eigenvalue weighted by Crippen LogP contribution is 2.29. The van der Waals surface area contributed by atoms with Crippen molar-refractivity contribution >= 4 is 32.9 Å². The summed E-state index contributed by atoms with van der Waals surface area (Å²) < 4.78 is 30.5. The average molecular weight is 407 g/mol. The topological polar surface area (TPSA) is 48.7 Å². The Kier molecular flexibility index (Phi) is 5.38. The summed E-state index contributed by atoms with van der Waals surface area (Å²) in [6.45, 7) is 2.28. The maximum absolute atomic E-state index is 13.4. The van der Waals surface area contributed by atoms with Crippen LogP contribution in [0.2, 0.25) is 0 Å². The maximum atomic E-state index is 13.4. The van der Waals surface area contributed by atoms with Gasteiger partial charge in [0.1, 0.15) is 29.5 Å². The van der Waals surface area contributed by atoms with E-state index >= 15 is 0 Å². The molecule has 3 rings (SSSR count). The summed E-state index contributed by atoms with van der Waals surface area (Å²) in [5, 5.41) is 0.658. The second-order valence-electron chi connectivity index (χ2n) is 5.40. The first-order chi connectivity index (χ1) is 12.1. The second-order valence-corrected chi connectivity index (χ2v) is 6.25. The number of carbonyl (C=O) groups excluding carboxylic acids is 1. The van der Waals surface area contributed by atoms with Crippen molar-refractivity contribution in [2.75, 3.05) is 6.61 Å². The molecule has 0 saturated heterocycles. The minimum absolute atomic E-state index is 0.140. The normalized spacial score (nSPS) is 10.8. The molecule has 0 atom stereocenters. The summed E-state index contributed by atoms with van der Waals surface area (Å²) in [5.41, 5.74) is 1.31. The number of carbonyl (C=O) groups is 1. The Morgan fingerprint density at radius 3 is 2.84 bits per heavy atom. The van der Waals surface area contributed by atoms with Crippen LogP contribution in [0.5, 0.6) is 5.75 Å². The summed E-state index contributed by atoms with van der Waals surface area (Å²) >= 11 is 3.28. The van der Waals surface area contributed by atoms with Crippen molar-refractivity contribution in [2.45, 2.75) is 20.0 Å². The molecular weight excluding hydrogens is 391 g/mol. The summed E-state index contributed by atoms with van der Waals surface area (Å²) in [6, 6.07) is 11.8. The first-order valence-electron chi connectivity index (χ1n) is 7.80. The summed E-state index contributed by atoms with van der Waals surface area (Å²) in [5.74, 6) is 0.502. The third-order valence-electron chi connectivity index (χ3n) is 3.57. The van der Waals surface area contributed by atoms with E-state index in [-0.39, 0.29) is 24.8 Å². The molecule has 2 aromatic carbocycles. The Labute approximate surface area is 152 Å². The molecule has 0 aliphatic heterocycles. The Hall–Kier alpha value is -2.34. The van der Waals surface area contributed by atoms with Gasteiger partial charge in [0.15, 0.2) is 0 Å². The molecule has 3 aromatic rings. The standard InChI is InChI=1S/C19H16BrFO4/c1-2-23-18(22)9-12-5-3-4-6-17(12)24-11-15-8-13-7-14(21)10-16(20)19(13)25-15/h3-8,10H,2,9,11H2,1H3. The predicted octanol–water partition coefficient (Wildman–Crippen LogP) is 5.02. The average Bonchev–Trinajstić information content (AvgIpc) is 2.97. The maximum Gasteiger partial charge on any atom is 0.310 e. The number of halogens is 2. The molecule has 0 unspecified atom stereocenters. The Bertz CT molecular complexity index is 904. The lowest BCUT2D eigenvalue weighted by Gasteiger charge is -2.10. The zero-order valence-electron chi connectivity index (χ0n) is 13.6. The van der Waals surface area contributed by atoms with Crippen LogP contribution in [0.1, 0.15) is 18.2 Å². The molecule has 0 bridgehead atoms. The zero-order chi connectivity index (χ0) is 17.8. The van der Waals surface area contributed by atoms with Crippen LogP contribution in [0.15, 0.2) is 51.4 Å². The highest BCUT2D eigenvalue weighted by Gasteiger charge is 2.12. The number of furan rings is 1. The number of esters is 1. The molecular formula is C19H16BrFO4. The molecule has 25 heavy (non-hydrogen) atoms. The lowest BCUT2D eigenvalue weighted by atomic mass is 10.1. The Morgan fingerprint density at radius 2 is 2.04 bits per heavy atom. The van der Waals surface area contributed by atoms with Crippen LogP contribution in [-0.4, -0.2) is 12.6 Å². The minimum Gasteiger partial charge on any atom is -0.485 e. The number of para-hydroxylation sites is 1. The van der Waals surface area contributed by atoms with E-state index in [1.165, 1.54) is 12.1 Å². The van der Waals surface area contributed by atoms with Gasteiger partial charge in [-0.05, 0) is 47.1 Å². The number of ether oxygens (including phenoxy) is 2. The molecule has 4 nitrogen and oxygen atoms in total. The molecule has 1 heterocycles. The van der Waals surface area contributed by atoms with Gasteiger partial charge in [-0.2, -0.15) is 0 Å². The molecule has 0 N–H and O–H groups in total. The Balaban J connectivity index is 1.76. The summed E-state index contributed by atoms with van der Waals surface area (Å²) in [6.07, 6.45) is 0.140. The highest BCUT2D eigenvalue weighted by atomic mass is 79.9. The van der Waals surface area contributed by atoms with Crippen molar-refractivity contribution in [3.63, 3.8) is 0 Å². The van der Waals surface area contributed by atoms with Crippen LogP contribution in [0.4, 0.5) is 4.39 Å². The van der Waals surface area contributed by atoms with Gasteiger partial charge in [-0.25, -0.2) is 4.39 Å². The molecule has 0 aliphatic carbocycles. The van der Waals surface area contributed by atoms with Crippen molar-refractivity contribution in [3.05, 3.63) is 64.1 Å². The minimum atomic E-state index is -0.340. The van der Waals surface area contributed by atoms with Gasteiger partial charge in [0.2, 0.25) is 0 Å². The first kappa shape index (κ1) is 17.5. The highest BCUT2D eigenvalue weighted by molar-refractivity contribution is 9.10. The van der Waals surface area contributed by atoms with Crippen LogP contribution in [0, 0.1) is 5.82 Å². The quantitative estimate of drug-likeness (QED) is 0.539. The smallest absolute Gasteiger partial charge is 0.310 e. The first-order valence-corrected chi connectivity index (χ1v) is 8.60. The fourth-order valence-electron chi connectivity index (χ4n) is 2.51.